The summed E-state index contributed by atoms with van der Waals surface area (Å²) < 4.78 is 23.5. The molecule has 0 saturated heterocycles. The summed E-state index contributed by atoms with van der Waals surface area (Å²) in [6.45, 7) is 0. The summed E-state index contributed by atoms with van der Waals surface area (Å²) in [7, 11) is 1.43. The van der Waals surface area contributed by atoms with Gasteiger partial charge in [-0.15, -0.1) is 0 Å². The highest BCUT2D eigenvalue weighted by Crippen LogP contribution is 2.28. The maximum absolute atomic E-state index is 13.0. The molecule has 8 heteroatoms. The first kappa shape index (κ1) is 19.7. The summed E-state index contributed by atoms with van der Waals surface area (Å²) in [5.74, 6) is -1.00. The van der Waals surface area contributed by atoms with E-state index in [1.54, 1.807) is 30.5 Å². The number of hydrazone groups is 1. The molecule has 0 aliphatic heterocycles. The predicted octanol–water partition coefficient (Wildman–Crippen LogP) is 3.21. The second kappa shape index (κ2) is 9.23. The van der Waals surface area contributed by atoms with Gasteiger partial charge < -0.3 is 9.47 Å². The Balaban J connectivity index is 1.67. The third kappa shape index (κ3) is 5.23. The minimum atomic E-state index is -0.645. The zero-order valence-corrected chi connectivity index (χ0v) is 15.3. The molecular formula is C21H16FN3O4. The first-order valence-electron chi connectivity index (χ1n) is 8.46. The lowest BCUT2D eigenvalue weighted by Crippen LogP contribution is -2.17. The zero-order chi connectivity index (χ0) is 20.6. The number of methoxy groups -OCH3 is 1. The zero-order valence-electron chi connectivity index (χ0n) is 15.3. The van der Waals surface area contributed by atoms with Crippen LogP contribution in [-0.2, 0) is 0 Å². The van der Waals surface area contributed by atoms with Crippen molar-refractivity contribution >= 4 is 18.1 Å². The lowest BCUT2D eigenvalue weighted by atomic mass is 10.2. The van der Waals surface area contributed by atoms with Gasteiger partial charge in [-0.1, -0.05) is 0 Å². The smallest absolute Gasteiger partial charge is 0.343 e. The molecule has 0 fully saturated rings. The Kier molecular flexibility index (Phi) is 6.26. The van der Waals surface area contributed by atoms with E-state index in [2.05, 4.69) is 15.5 Å². The maximum Gasteiger partial charge on any atom is 0.343 e. The quantitative estimate of drug-likeness (QED) is 0.301. The average Bonchev–Trinajstić information content (AvgIpc) is 2.75. The molecule has 146 valence electrons. The second-order valence-electron chi connectivity index (χ2n) is 5.75. The maximum atomic E-state index is 13.0. The van der Waals surface area contributed by atoms with E-state index < -0.39 is 17.7 Å². The van der Waals surface area contributed by atoms with Gasteiger partial charge in [-0.05, 0) is 60.2 Å². The summed E-state index contributed by atoms with van der Waals surface area (Å²) in [4.78, 5) is 28.0. The average molecular weight is 393 g/mol. The third-order valence-corrected chi connectivity index (χ3v) is 3.77. The molecule has 1 heterocycles. The van der Waals surface area contributed by atoms with Crippen molar-refractivity contribution in [3.05, 3.63) is 89.5 Å². The molecule has 1 amide bonds. The molecule has 2 aromatic carbocycles. The molecule has 0 atom stereocenters. The number of ether oxygens (including phenoxy) is 2. The highest BCUT2D eigenvalue weighted by Gasteiger charge is 2.13. The molecule has 1 aromatic heterocycles. The third-order valence-electron chi connectivity index (χ3n) is 3.77. The van der Waals surface area contributed by atoms with Crippen molar-refractivity contribution in [3.8, 4) is 11.5 Å². The lowest BCUT2D eigenvalue weighted by molar-refractivity contribution is 0.0729. The molecule has 3 aromatic rings. The number of hydrogen-bond donors (Lipinski definition) is 1. The molecule has 0 spiro atoms. The van der Waals surface area contributed by atoms with Crippen molar-refractivity contribution in [3.63, 3.8) is 0 Å². The fourth-order valence-corrected chi connectivity index (χ4v) is 2.32. The Hall–Kier alpha value is -4.07. The van der Waals surface area contributed by atoms with Gasteiger partial charge in [0.2, 0.25) is 0 Å². The number of rotatable bonds is 6. The first-order chi connectivity index (χ1) is 14.1. The van der Waals surface area contributed by atoms with E-state index in [1.165, 1.54) is 49.9 Å². The number of carbonyl (C=O) groups excluding carboxylic acids is 2. The predicted molar refractivity (Wildman–Crippen MR) is 104 cm³/mol. The van der Waals surface area contributed by atoms with Crippen molar-refractivity contribution < 1.29 is 23.5 Å². The van der Waals surface area contributed by atoms with Gasteiger partial charge in [0.1, 0.15) is 5.82 Å². The number of aromatic nitrogens is 1. The van der Waals surface area contributed by atoms with Crippen LogP contribution >= 0.6 is 0 Å². The van der Waals surface area contributed by atoms with E-state index in [9.17, 15) is 14.0 Å². The van der Waals surface area contributed by atoms with Crippen molar-refractivity contribution in [2.24, 2.45) is 5.10 Å². The molecule has 0 aliphatic rings. The van der Waals surface area contributed by atoms with Crippen LogP contribution in [0.1, 0.15) is 26.3 Å². The van der Waals surface area contributed by atoms with E-state index >= 15 is 0 Å². The van der Waals surface area contributed by atoms with Gasteiger partial charge in [0.15, 0.2) is 11.5 Å². The van der Waals surface area contributed by atoms with Gasteiger partial charge in [-0.3, -0.25) is 9.78 Å². The van der Waals surface area contributed by atoms with Crippen LogP contribution in [0.15, 0.2) is 72.1 Å². The Labute approximate surface area is 165 Å². The fraction of sp³-hybridized carbons (Fsp3) is 0.0476. The Morgan fingerprint density at radius 1 is 1.07 bits per heavy atom. The molecule has 7 nitrogen and oxygen atoms in total. The van der Waals surface area contributed by atoms with Crippen molar-refractivity contribution in [2.45, 2.75) is 0 Å². The summed E-state index contributed by atoms with van der Waals surface area (Å²) in [6.07, 6.45) is 4.41. The highest BCUT2D eigenvalue weighted by atomic mass is 19.1. The van der Waals surface area contributed by atoms with Gasteiger partial charge in [0, 0.05) is 12.4 Å². The summed E-state index contributed by atoms with van der Waals surface area (Å²) >= 11 is 0. The number of hydrogen-bond acceptors (Lipinski definition) is 6. The van der Waals surface area contributed by atoms with E-state index in [1.807, 2.05) is 0 Å². The number of esters is 1. The van der Waals surface area contributed by atoms with Crippen molar-refractivity contribution in [1.29, 1.82) is 0 Å². The minimum absolute atomic E-state index is 0.193. The highest BCUT2D eigenvalue weighted by molar-refractivity contribution is 5.94. The largest absolute Gasteiger partial charge is 0.493 e. The van der Waals surface area contributed by atoms with E-state index in [-0.39, 0.29) is 11.3 Å². The number of benzene rings is 2. The van der Waals surface area contributed by atoms with Gasteiger partial charge in [0.05, 0.1) is 24.5 Å². The molecule has 0 aliphatic carbocycles. The molecule has 0 bridgehead atoms. The number of nitrogens with one attached hydrogen (secondary N) is 1. The molecule has 0 saturated carbocycles. The van der Waals surface area contributed by atoms with Gasteiger partial charge in [-0.25, -0.2) is 14.6 Å². The monoisotopic (exact) mass is 393 g/mol. The fourth-order valence-electron chi connectivity index (χ4n) is 2.32. The van der Waals surface area contributed by atoms with Crippen LogP contribution in [0.2, 0.25) is 0 Å². The van der Waals surface area contributed by atoms with Crippen LogP contribution in [-0.4, -0.2) is 30.2 Å². The molecule has 0 radical (unpaired) electrons. The standard InChI is InChI=1S/C21H16FN3O4/c1-28-19-11-14(12-24-25-20(26)16-3-2-10-23-13-16)4-9-18(19)29-21(27)15-5-7-17(22)8-6-15/h2-13H,1H3,(H,25,26)/b24-12-. The number of halogens is 1. The molecule has 1 N–H and O–H groups in total. The summed E-state index contributed by atoms with van der Waals surface area (Å²) in [5, 5.41) is 3.89. The second-order valence-corrected chi connectivity index (χ2v) is 5.75. The number of amides is 1. The SMILES string of the molecule is COc1cc(/C=N\NC(=O)c2cccnc2)ccc1OC(=O)c1ccc(F)cc1. The van der Waals surface area contributed by atoms with E-state index in [0.717, 1.165) is 0 Å². The Morgan fingerprint density at radius 2 is 1.86 bits per heavy atom. The van der Waals surface area contributed by atoms with Gasteiger partial charge in [-0.2, -0.15) is 5.10 Å². The van der Waals surface area contributed by atoms with Crippen molar-refractivity contribution in [1.82, 2.24) is 10.4 Å². The topological polar surface area (TPSA) is 89.9 Å². The van der Waals surface area contributed by atoms with Crippen LogP contribution in [0.5, 0.6) is 11.5 Å². The van der Waals surface area contributed by atoms with Crippen LogP contribution in [0.4, 0.5) is 4.39 Å². The molecule has 3 rings (SSSR count). The summed E-state index contributed by atoms with van der Waals surface area (Å²) in [5.41, 5.74) is 3.58. The van der Waals surface area contributed by atoms with E-state index in [4.69, 9.17) is 9.47 Å². The molecule has 29 heavy (non-hydrogen) atoms. The summed E-state index contributed by atoms with van der Waals surface area (Å²) in [6, 6.07) is 13.0. The van der Waals surface area contributed by atoms with Crippen LogP contribution < -0.4 is 14.9 Å². The van der Waals surface area contributed by atoms with Crippen LogP contribution in [0.3, 0.4) is 0 Å². The minimum Gasteiger partial charge on any atom is -0.493 e. The van der Waals surface area contributed by atoms with E-state index in [0.29, 0.717) is 16.9 Å². The molecular weight excluding hydrogens is 377 g/mol. The van der Waals surface area contributed by atoms with Crippen LogP contribution in [0, 0.1) is 5.82 Å². The van der Waals surface area contributed by atoms with Gasteiger partial charge >= 0.3 is 5.97 Å². The molecule has 0 unspecified atom stereocenters. The Morgan fingerprint density at radius 3 is 2.55 bits per heavy atom. The first-order valence-corrected chi connectivity index (χ1v) is 8.46. The van der Waals surface area contributed by atoms with Crippen molar-refractivity contribution in [2.75, 3.05) is 7.11 Å². The van der Waals surface area contributed by atoms with Gasteiger partial charge in [0.25, 0.3) is 5.91 Å². The number of nitrogens with zero attached hydrogens (tertiary/aromatic N) is 2. The van der Waals surface area contributed by atoms with Crippen LogP contribution in [0.25, 0.3) is 0 Å². The lowest BCUT2D eigenvalue weighted by Gasteiger charge is -2.10. The number of pyridine rings is 1. The normalized spacial score (nSPS) is 10.6. The number of carbonyl (C=O) groups is 2. The Bertz CT molecular complexity index is 1040.